The first-order valence-electron chi connectivity index (χ1n) is 9.23. The Labute approximate surface area is 163 Å². The standard InChI is InChI=1S/C24H20N2O2/c27-24(28-17-19-9-2-1-3-10-19)25-15-7-6-8-18-13-14-23-21(16-18)20-11-4-5-12-22(20)26-23/h1-5,9-14,16,26H,7,15,17H2,(H,25,27). The molecule has 1 aromatic heterocycles. The minimum atomic E-state index is -0.425. The Bertz CT molecular complexity index is 1170. The van der Waals surface area contributed by atoms with Gasteiger partial charge in [-0.05, 0) is 29.8 Å². The van der Waals surface area contributed by atoms with Crippen molar-refractivity contribution in [3.8, 4) is 11.8 Å². The van der Waals surface area contributed by atoms with E-state index in [9.17, 15) is 4.79 Å². The molecule has 0 bridgehead atoms. The lowest BCUT2D eigenvalue weighted by atomic mass is 10.1. The highest BCUT2D eigenvalue weighted by Gasteiger charge is 2.03. The second-order valence-corrected chi connectivity index (χ2v) is 6.47. The maximum Gasteiger partial charge on any atom is 0.407 e. The SMILES string of the molecule is O=C(NCCC#Cc1ccc2[nH]c3ccccc3c2c1)OCc1ccccc1. The summed E-state index contributed by atoms with van der Waals surface area (Å²) in [6.07, 6.45) is 0.137. The van der Waals surface area contributed by atoms with E-state index in [0.29, 0.717) is 13.0 Å². The van der Waals surface area contributed by atoms with Gasteiger partial charge in [0.25, 0.3) is 0 Å². The van der Waals surface area contributed by atoms with Crippen LogP contribution in [-0.4, -0.2) is 17.6 Å². The lowest BCUT2D eigenvalue weighted by molar-refractivity contribution is 0.140. The number of hydrogen-bond donors (Lipinski definition) is 2. The Balaban J connectivity index is 1.30. The molecule has 0 radical (unpaired) electrons. The molecular formula is C24H20N2O2. The van der Waals surface area contributed by atoms with Crippen LogP contribution in [0.4, 0.5) is 4.79 Å². The number of aromatic amines is 1. The second kappa shape index (κ2) is 8.32. The van der Waals surface area contributed by atoms with Gasteiger partial charge < -0.3 is 15.0 Å². The molecule has 1 heterocycles. The molecule has 0 aliphatic heterocycles. The normalized spacial score (nSPS) is 10.4. The summed E-state index contributed by atoms with van der Waals surface area (Å²) in [5.41, 5.74) is 4.16. The summed E-state index contributed by atoms with van der Waals surface area (Å²) in [6.45, 7) is 0.721. The fourth-order valence-corrected chi connectivity index (χ4v) is 3.09. The van der Waals surface area contributed by atoms with Crippen molar-refractivity contribution in [2.24, 2.45) is 0 Å². The Morgan fingerprint density at radius 2 is 1.71 bits per heavy atom. The molecule has 0 saturated carbocycles. The summed E-state index contributed by atoms with van der Waals surface area (Å²) < 4.78 is 5.17. The van der Waals surface area contributed by atoms with Gasteiger partial charge in [-0.25, -0.2) is 4.79 Å². The highest BCUT2D eigenvalue weighted by Crippen LogP contribution is 2.25. The number of rotatable bonds is 4. The van der Waals surface area contributed by atoms with Crippen LogP contribution in [0, 0.1) is 11.8 Å². The van der Waals surface area contributed by atoms with E-state index in [1.54, 1.807) is 0 Å². The number of carbonyl (C=O) groups is 1. The Morgan fingerprint density at radius 1 is 0.929 bits per heavy atom. The predicted molar refractivity (Wildman–Crippen MR) is 112 cm³/mol. The zero-order valence-electron chi connectivity index (χ0n) is 15.4. The van der Waals surface area contributed by atoms with Crippen molar-refractivity contribution in [3.05, 3.63) is 83.9 Å². The lowest BCUT2D eigenvalue weighted by Crippen LogP contribution is -2.24. The van der Waals surface area contributed by atoms with Crippen molar-refractivity contribution in [2.75, 3.05) is 6.54 Å². The van der Waals surface area contributed by atoms with Crippen LogP contribution < -0.4 is 5.32 Å². The molecule has 0 atom stereocenters. The Kier molecular flexibility index (Phi) is 5.26. The van der Waals surface area contributed by atoms with Crippen LogP contribution >= 0.6 is 0 Å². The van der Waals surface area contributed by atoms with E-state index in [4.69, 9.17) is 4.74 Å². The number of benzene rings is 3. The average Bonchev–Trinajstić information content (AvgIpc) is 3.11. The molecule has 0 fully saturated rings. The fraction of sp³-hybridized carbons (Fsp3) is 0.125. The van der Waals surface area contributed by atoms with Crippen molar-refractivity contribution >= 4 is 27.9 Å². The van der Waals surface area contributed by atoms with E-state index in [1.165, 1.54) is 10.8 Å². The Hall–Kier alpha value is -3.71. The summed E-state index contributed by atoms with van der Waals surface area (Å²) in [5, 5.41) is 5.09. The van der Waals surface area contributed by atoms with Crippen LogP contribution in [0.25, 0.3) is 21.8 Å². The molecule has 4 aromatic rings. The van der Waals surface area contributed by atoms with Gasteiger partial charge in [0.1, 0.15) is 6.61 Å². The first-order valence-corrected chi connectivity index (χ1v) is 9.23. The highest BCUT2D eigenvalue weighted by atomic mass is 16.5. The molecule has 28 heavy (non-hydrogen) atoms. The molecule has 2 N–H and O–H groups in total. The van der Waals surface area contributed by atoms with Crippen LogP contribution in [0.15, 0.2) is 72.8 Å². The second-order valence-electron chi connectivity index (χ2n) is 6.47. The molecule has 0 saturated heterocycles. The van der Waals surface area contributed by atoms with E-state index < -0.39 is 6.09 Å². The van der Waals surface area contributed by atoms with Crippen LogP contribution in [-0.2, 0) is 11.3 Å². The maximum atomic E-state index is 11.7. The van der Waals surface area contributed by atoms with Crippen LogP contribution in [0.3, 0.4) is 0 Å². The van der Waals surface area contributed by atoms with E-state index in [1.807, 2.05) is 48.5 Å². The molecule has 138 valence electrons. The third-order valence-corrected chi connectivity index (χ3v) is 4.47. The summed E-state index contributed by atoms with van der Waals surface area (Å²) in [4.78, 5) is 15.1. The van der Waals surface area contributed by atoms with Gasteiger partial charge in [0, 0.05) is 40.3 Å². The minimum Gasteiger partial charge on any atom is -0.445 e. The molecule has 4 nitrogen and oxygen atoms in total. The number of alkyl carbamates (subject to hydrolysis) is 1. The van der Waals surface area contributed by atoms with E-state index in [-0.39, 0.29) is 6.61 Å². The topological polar surface area (TPSA) is 54.1 Å². The van der Waals surface area contributed by atoms with Crippen molar-refractivity contribution in [1.82, 2.24) is 10.3 Å². The summed E-state index contributed by atoms with van der Waals surface area (Å²) in [5.74, 6) is 6.27. The molecule has 0 aliphatic carbocycles. The summed E-state index contributed by atoms with van der Waals surface area (Å²) >= 11 is 0. The van der Waals surface area contributed by atoms with Gasteiger partial charge in [0.2, 0.25) is 0 Å². The molecular weight excluding hydrogens is 348 g/mol. The number of nitrogens with one attached hydrogen (secondary N) is 2. The third kappa shape index (κ3) is 4.16. The van der Waals surface area contributed by atoms with E-state index in [2.05, 4.69) is 46.4 Å². The molecule has 3 aromatic carbocycles. The smallest absolute Gasteiger partial charge is 0.407 e. The minimum absolute atomic E-state index is 0.267. The molecule has 0 aliphatic rings. The van der Waals surface area contributed by atoms with Crippen LogP contribution in [0.2, 0.25) is 0 Å². The van der Waals surface area contributed by atoms with Gasteiger partial charge in [0.05, 0.1) is 0 Å². The van der Waals surface area contributed by atoms with Gasteiger partial charge in [-0.3, -0.25) is 0 Å². The van der Waals surface area contributed by atoms with E-state index in [0.717, 1.165) is 22.2 Å². The van der Waals surface area contributed by atoms with Gasteiger partial charge >= 0.3 is 6.09 Å². The summed E-state index contributed by atoms with van der Waals surface area (Å²) in [6, 6.07) is 24.0. The van der Waals surface area contributed by atoms with Crippen molar-refractivity contribution in [1.29, 1.82) is 0 Å². The summed E-state index contributed by atoms with van der Waals surface area (Å²) in [7, 11) is 0. The van der Waals surface area contributed by atoms with Crippen LogP contribution in [0.1, 0.15) is 17.5 Å². The predicted octanol–water partition coefficient (Wildman–Crippen LogP) is 4.99. The number of amides is 1. The molecule has 4 heteroatoms. The zero-order valence-corrected chi connectivity index (χ0v) is 15.4. The first-order chi connectivity index (χ1) is 13.8. The largest absolute Gasteiger partial charge is 0.445 e. The molecule has 1 amide bonds. The van der Waals surface area contributed by atoms with Crippen molar-refractivity contribution < 1.29 is 9.53 Å². The van der Waals surface area contributed by atoms with Gasteiger partial charge in [-0.2, -0.15) is 0 Å². The number of para-hydroxylation sites is 1. The molecule has 0 spiro atoms. The van der Waals surface area contributed by atoms with Gasteiger partial charge in [-0.1, -0.05) is 60.4 Å². The number of aromatic nitrogens is 1. The third-order valence-electron chi connectivity index (χ3n) is 4.47. The van der Waals surface area contributed by atoms with Gasteiger partial charge in [-0.15, -0.1) is 0 Å². The van der Waals surface area contributed by atoms with Crippen molar-refractivity contribution in [2.45, 2.75) is 13.0 Å². The highest BCUT2D eigenvalue weighted by molar-refractivity contribution is 6.07. The van der Waals surface area contributed by atoms with E-state index >= 15 is 0 Å². The van der Waals surface area contributed by atoms with Crippen molar-refractivity contribution in [3.63, 3.8) is 0 Å². The van der Waals surface area contributed by atoms with Gasteiger partial charge in [0.15, 0.2) is 0 Å². The number of hydrogen-bond acceptors (Lipinski definition) is 2. The first kappa shape index (κ1) is 17.7. The van der Waals surface area contributed by atoms with Crippen LogP contribution in [0.5, 0.6) is 0 Å². The fourth-order valence-electron chi connectivity index (χ4n) is 3.09. The monoisotopic (exact) mass is 368 g/mol. The maximum absolute atomic E-state index is 11.7. The average molecular weight is 368 g/mol. The molecule has 0 unspecified atom stereocenters. The number of carbonyl (C=O) groups excluding carboxylic acids is 1. The zero-order chi connectivity index (χ0) is 19.2. The molecule has 4 rings (SSSR count). The lowest BCUT2D eigenvalue weighted by Gasteiger charge is -2.05. The number of H-pyrrole nitrogens is 1. The number of ether oxygens (including phenoxy) is 1. The number of fused-ring (bicyclic) bond motifs is 3. The quantitative estimate of drug-likeness (QED) is 0.394. The Morgan fingerprint density at radius 3 is 2.61 bits per heavy atom.